The van der Waals surface area contributed by atoms with Crippen molar-refractivity contribution in [2.75, 3.05) is 10.6 Å². The number of nitrogens with one attached hydrogen (secondary N) is 3. The molecule has 43 heavy (non-hydrogen) atoms. The molecule has 0 fully saturated rings. The van der Waals surface area contributed by atoms with E-state index in [4.69, 9.17) is 11.6 Å². The minimum absolute atomic E-state index is 0.0364. The zero-order valence-electron chi connectivity index (χ0n) is 23.9. The molecule has 6 nitrogen and oxygen atoms in total. The van der Waals surface area contributed by atoms with Gasteiger partial charge in [-0.3, -0.25) is 14.4 Å². The van der Waals surface area contributed by atoms with Crippen molar-refractivity contribution in [3.8, 4) is 0 Å². The van der Waals surface area contributed by atoms with Gasteiger partial charge < -0.3 is 16.0 Å². The normalized spacial score (nSPS) is 12.0. The molecular weight excluding hydrogens is 585 g/mol. The van der Waals surface area contributed by atoms with Gasteiger partial charge in [0.1, 0.15) is 11.5 Å². The Bertz CT molecular complexity index is 1620. The lowest BCUT2D eigenvalue weighted by atomic mass is 10.0. The van der Waals surface area contributed by atoms with Crippen molar-refractivity contribution < 1.29 is 18.8 Å². The molecule has 1 unspecified atom stereocenters. The topological polar surface area (TPSA) is 87.3 Å². The average Bonchev–Trinajstić information content (AvgIpc) is 2.99. The van der Waals surface area contributed by atoms with Gasteiger partial charge in [-0.15, -0.1) is 11.8 Å². The SMILES string of the molecule is CC(Sc1cccc(NC(=O)/C(=C\c2c(F)cccc2Cl)NC(=O)c2ccccc2)c1)C(=O)Nc1ccc(C(C)C)cc1. The van der Waals surface area contributed by atoms with Gasteiger partial charge in [-0.25, -0.2) is 4.39 Å². The molecule has 4 aromatic carbocycles. The fourth-order valence-corrected chi connectivity index (χ4v) is 5.18. The summed E-state index contributed by atoms with van der Waals surface area (Å²) in [5.41, 5.74) is 2.41. The van der Waals surface area contributed by atoms with Crippen LogP contribution in [0.1, 0.15) is 48.2 Å². The van der Waals surface area contributed by atoms with Crippen molar-refractivity contribution in [3.63, 3.8) is 0 Å². The van der Waals surface area contributed by atoms with Crippen LogP contribution in [0.4, 0.5) is 15.8 Å². The van der Waals surface area contributed by atoms with Gasteiger partial charge in [-0.1, -0.05) is 67.9 Å². The summed E-state index contributed by atoms with van der Waals surface area (Å²) in [5.74, 6) is -1.63. The van der Waals surface area contributed by atoms with Crippen LogP contribution in [0.5, 0.6) is 0 Å². The first kappa shape index (κ1) is 31.5. The van der Waals surface area contributed by atoms with E-state index in [1.54, 1.807) is 55.5 Å². The molecule has 0 aliphatic rings. The highest BCUT2D eigenvalue weighted by Gasteiger charge is 2.19. The van der Waals surface area contributed by atoms with Crippen LogP contribution in [-0.2, 0) is 9.59 Å². The first-order valence-corrected chi connectivity index (χ1v) is 14.9. The molecule has 0 spiro atoms. The highest BCUT2D eigenvalue weighted by molar-refractivity contribution is 8.00. The van der Waals surface area contributed by atoms with E-state index in [9.17, 15) is 18.8 Å². The fourth-order valence-electron chi connectivity index (χ4n) is 4.03. The highest BCUT2D eigenvalue weighted by atomic mass is 35.5. The van der Waals surface area contributed by atoms with Crippen LogP contribution < -0.4 is 16.0 Å². The largest absolute Gasteiger partial charge is 0.325 e. The molecule has 0 aliphatic carbocycles. The zero-order chi connectivity index (χ0) is 30.9. The molecule has 3 N–H and O–H groups in total. The molecule has 9 heteroatoms. The maximum Gasteiger partial charge on any atom is 0.272 e. The molecule has 0 saturated carbocycles. The Kier molecular flexibility index (Phi) is 10.8. The van der Waals surface area contributed by atoms with Crippen LogP contribution in [0.15, 0.2) is 108 Å². The van der Waals surface area contributed by atoms with Crippen LogP contribution in [-0.4, -0.2) is 23.0 Å². The number of benzene rings is 4. The zero-order valence-corrected chi connectivity index (χ0v) is 25.4. The van der Waals surface area contributed by atoms with E-state index in [1.807, 2.05) is 30.3 Å². The van der Waals surface area contributed by atoms with E-state index in [0.717, 1.165) is 10.6 Å². The second-order valence-electron chi connectivity index (χ2n) is 10.0. The number of halogens is 2. The minimum Gasteiger partial charge on any atom is -0.325 e. The summed E-state index contributed by atoms with van der Waals surface area (Å²) in [4.78, 5) is 39.9. The van der Waals surface area contributed by atoms with Gasteiger partial charge in [-0.2, -0.15) is 0 Å². The molecule has 3 amide bonds. The Hall–Kier alpha value is -4.40. The molecule has 0 radical (unpaired) electrons. The van der Waals surface area contributed by atoms with Gasteiger partial charge in [-0.05, 0) is 79.1 Å². The third kappa shape index (κ3) is 8.80. The average molecular weight is 616 g/mol. The molecule has 0 aliphatic heterocycles. The van der Waals surface area contributed by atoms with Gasteiger partial charge in [0.2, 0.25) is 5.91 Å². The third-order valence-electron chi connectivity index (χ3n) is 6.44. The van der Waals surface area contributed by atoms with E-state index in [2.05, 4.69) is 29.8 Å². The van der Waals surface area contributed by atoms with Crippen LogP contribution >= 0.6 is 23.4 Å². The van der Waals surface area contributed by atoms with E-state index in [0.29, 0.717) is 17.2 Å². The summed E-state index contributed by atoms with van der Waals surface area (Å²) in [5, 5.41) is 7.92. The monoisotopic (exact) mass is 615 g/mol. The van der Waals surface area contributed by atoms with Crippen molar-refractivity contribution in [2.45, 2.75) is 36.8 Å². The van der Waals surface area contributed by atoms with Crippen LogP contribution in [0.2, 0.25) is 5.02 Å². The summed E-state index contributed by atoms with van der Waals surface area (Å²) in [6.45, 7) is 6.02. The predicted octanol–water partition coefficient (Wildman–Crippen LogP) is 8.13. The minimum atomic E-state index is -0.679. The summed E-state index contributed by atoms with van der Waals surface area (Å²) in [7, 11) is 0. The van der Waals surface area contributed by atoms with E-state index in [-0.39, 0.29) is 22.2 Å². The number of hydrogen-bond acceptors (Lipinski definition) is 4. The molecule has 0 saturated heterocycles. The summed E-state index contributed by atoms with van der Waals surface area (Å²) >= 11 is 7.52. The first-order chi connectivity index (χ1) is 20.6. The Balaban J connectivity index is 1.48. The number of amides is 3. The second-order valence-corrected chi connectivity index (χ2v) is 11.8. The molecule has 0 heterocycles. The van der Waals surface area contributed by atoms with Gasteiger partial charge in [0.25, 0.3) is 11.8 Å². The van der Waals surface area contributed by atoms with Crippen molar-refractivity contribution in [3.05, 3.63) is 130 Å². The lowest BCUT2D eigenvalue weighted by Crippen LogP contribution is -2.30. The number of carbonyl (C=O) groups excluding carboxylic acids is 3. The smallest absolute Gasteiger partial charge is 0.272 e. The van der Waals surface area contributed by atoms with Crippen molar-refractivity contribution >= 4 is 58.5 Å². The number of rotatable bonds is 10. The predicted molar refractivity (Wildman–Crippen MR) is 173 cm³/mol. The molecule has 220 valence electrons. The number of hydrogen-bond donors (Lipinski definition) is 3. The Morgan fingerprint density at radius 2 is 1.51 bits per heavy atom. The van der Waals surface area contributed by atoms with Crippen LogP contribution in [0.25, 0.3) is 6.08 Å². The Morgan fingerprint density at radius 3 is 2.19 bits per heavy atom. The van der Waals surface area contributed by atoms with Crippen LogP contribution in [0.3, 0.4) is 0 Å². The van der Waals surface area contributed by atoms with Crippen molar-refractivity contribution in [2.24, 2.45) is 0 Å². The van der Waals surface area contributed by atoms with Crippen molar-refractivity contribution in [1.82, 2.24) is 5.32 Å². The second kappa shape index (κ2) is 14.7. The van der Waals surface area contributed by atoms with Gasteiger partial charge >= 0.3 is 0 Å². The Morgan fingerprint density at radius 1 is 0.814 bits per heavy atom. The van der Waals surface area contributed by atoms with Gasteiger partial charge in [0.05, 0.1) is 10.3 Å². The number of thioether (sulfide) groups is 1. The fraction of sp³-hybridized carbons (Fsp3) is 0.147. The van der Waals surface area contributed by atoms with E-state index < -0.39 is 22.9 Å². The summed E-state index contributed by atoms with van der Waals surface area (Å²) < 4.78 is 14.6. The van der Waals surface area contributed by atoms with Crippen LogP contribution in [0, 0.1) is 5.82 Å². The molecular formula is C34H31ClFN3O3S. The maximum atomic E-state index is 14.6. The van der Waals surface area contributed by atoms with E-state index in [1.165, 1.54) is 41.6 Å². The number of anilines is 2. The van der Waals surface area contributed by atoms with Gasteiger partial charge in [0, 0.05) is 27.4 Å². The molecule has 4 rings (SSSR count). The number of carbonyl (C=O) groups is 3. The van der Waals surface area contributed by atoms with E-state index >= 15 is 0 Å². The third-order valence-corrected chi connectivity index (χ3v) is 7.86. The van der Waals surface area contributed by atoms with Crippen molar-refractivity contribution in [1.29, 1.82) is 0 Å². The van der Waals surface area contributed by atoms with Gasteiger partial charge in [0.15, 0.2) is 0 Å². The lowest BCUT2D eigenvalue weighted by molar-refractivity contribution is -0.115. The molecule has 0 aromatic heterocycles. The first-order valence-electron chi connectivity index (χ1n) is 13.6. The maximum absolute atomic E-state index is 14.6. The molecule has 1 atom stereocenters. The summed E-state index contributed by atoms with van der Waals surface area (Å²) in [6.07, 6.45) is 1.20. The lowest BCUT2D eigenvalue weighted by Gasteiger charge is -2.15. The highest BCUT2D eigenvalue weighted by Crippen LogP contribution is 2.28. The summed E-state index contributed by atoms with van der Waals surface area (Å²) in [6, 6.07) is 27.2. The quantitative estimate of drug-likeness (QED) is 0.124. The molecule has 4 aromatic rings. The molecule has 0 bridgehead atoms. The Labute approximate surface area is 259 Å². The standard InChI is InChI=1S/C34H31ClFN3O3S/c1-21(2)23-15-17-25(18-16-23)37-32(40)22(3)43-27-12-7-11-26(19-27)38-34(42)31(20-28-29(35)13-8-14-30(28)36)39-33(41)24-9-5-4-6-10-24/h4-22H,1-3H3,(H,37,40)(H,38,42)(H,39,41)/b31-20+.